The molecule has 0 aliphatic heterocycles. The molecule has 1 unspecified atom stereocenters. The van der Waals surface area contributed by atoms with Gasteiger partial charge in [-0.3, -0.25) is 0 Å². The molecule has 1 aliphatic carbocycles. The number of carbonyl (C=O) groups excluding carboxylic acids is 1. The zero-order valence-corrected chi connectivity index (χ0v) is 18.7. The van der Waals surface area contributed by atoms with Crippen molar-refractivity contribution in [1.29, 1.82) is 0 Å². The molecule has 4 heteroatoms. The van der Waals surface area contributed by atoms with E-state index in [1.165, 1.54) is 20.0 Å². The summed E-state index contributed by atoms with van der Waals surface area (Å²) in [5, 5.41) is 2.28. The molecule has 3 rings (SSSR count). The first-order chi connectivity index (χ1) is 13.7. The maximum Gasteiger partial charge on any atom is 0.328 e. The number of hydrogen-bond acceptors (Lipinski definition) is 4. The third-order valence-corrected chi connectivity index (χ3v) is 6.53. The van der Waals surface area contributed by atoms with Crippen molar-refractivity contribution < 1.29 is 14.3 Å². The summed E-state index contributed by atoms with van der Waals surface area (Å²) in [4.78, 5) is 13.8. The summed E-state index contributed by atoms with van der Waals surface area (Å²) < 4.78 is 11.2. The maximum atomic E-state index is 11.8. The van der Waals surface area contributed by atoms with Crippen molar-refractivity contribution in [2.45, 2.75) is 65.5 Å². The van der Waals surface area contributed by atoms with Crippen LogP contribution >= 0.6 is 0 Å². The van der Waals surface area contributed by atoms with E-state index in [1.807, 2.05) is 24.9 Å². The van der Waals surface area contributed by atoms with Crippen LogP contribution in [0.15, 0.2) is 36.4 Å². The number of methoxy groups -OCH3 is 1. The molecule has 158 valence electrons. The summed E-state index contributed by atoms with van der Waals surface area (Å²) in [7, 11) is 3.33. The second-order valence-corrected chi connectivity index (χ2v) is 9.46. The zero-order chi connectivity index (χ0) is 21.2. The van der Waals surface area contributed by atoms with Gasteiger partial charge in [-0.2, -0.15) is 0 Å². The van der Waals surface area contributed by atoms with E-state index in [0.29, 0.717) is 11.5 Å². The van der Waals surface area contributed by atoms with Gasteiger partial charge >= 0.3 is 5.97 Å². The second-order valence-electron chi connectivity index (χ2n) is 9.46. The third-order valence-electron chi connectivity index (χ3n) is 6.53. The van der Waals surface area contributed by atoms with Crippen LogP contribution in [0.5, 0.6) is 5.75 Å². The number of rotatable bonds is 5. The molecule has 1 atom stereocenters. The SMILES string of the molecule is COC(=O)C(C)N(C)c1ccc2cc(OC3CCC(C(C)(C)C)CC3)ccc2c1. The fraction of sp³-hybridized carbons (Fsp3) is 0.560. The molecule has 1 saturated carbocycles. The zero-order valence-electron chi connectivity index (χ0n) is 18.7. The van der Waals surface area contributed by atoms with Gasteiger partial charge in [0.25, 0.3) is 0 Å². The lowest BCUT2D eigenvalue weighted by Gasteiger charge is -2.37. The molecule has 0 amide bonds. The van der Waals surface area contributed by atoms with Gasteiger partial charge < -0.3 is 14.4 Å². The van der Waals surface area contributed by atoms with Crippen molar-refractivity contribution in [3.8, 4) is 5.75 Å². The summed E-state index contributed by atoms with van der Waals surface area (Å²) in [5.41, 5.74) is 1.38. The van der Waals surface area contributed by atoms with Crippen molar-refractivity contribution in [2.75, 3.05) is 19.1 Å². The fourth-order valence-electron chi connectivity index (χ4n) is 4.30. The summed E-state index contributed by atoms with van der Waals surface area (Å²) in [5.74, 6) is 1.50. The van der Waals surface area contributed by atoms with Crippen LogP contribution in [0.3, 0.4) is 0 Å². The Hall–Kier alpha value is -2.23. The van der Waals surface area contributed by atoms with Crippen molar-refractivity contribution in [3.05, 3.63) is 36.4 Å². The van der Waals surface area contributed by atoms with Crippen LogP contribution in [0.2, 0.25) is 0 Å². The topological polar surface area (TPSA) is 38.8 Å². The second kappa shape index (κ2) is 8.64. The molecule has 0 radical (unpaired) electrons. The van der Waals surface area contributed by atoms with Crippen LogP contribution in [0.4, 0.5) is 5.69 Å². The molecule has 0 N–H and O–H groups in total. The van der Waals surface area contributed by atoms with Gasteiger partial charge in [0.05, 0.1) is 13.2 Å². The van der Waals surface area contributed by atoms with Crippen molar-refractivity contribution >= 4 is 22.4 Å². The highest BCUT2D eigenvalue weighted by Gasteiger charge is 2.30. The van der Waals surface area contributed by atoms with Gasteiger partial charge in [-0.1, -0.05) is 32.9 Å². The molecule has 0 spiro atoms. The van der Waals surface area contributed by atoms with Crippen molar-refractivity contribution in [1.82, 2.24) is 0 Å². The summed E-state index contributed by atoms with van der Waals surface area (Å²) in [6.07, 6.45) is 5.08. The van der Waals surface area contributed by atoms with Crippen molar-refractivity contribution in [3.63, 3.8) is 0 Å². The maximum absolute atomic E-state index is 11.8. The predicted octanol–water partition coefficient (Wildman–Crippen LogP) is 5.82. The van der Waals surface area contributed by atoms with Crippen molar-refractivity contribution in [2.24, 2.45) is 11.3 Å². The van der Waals surface area contributed by atoms with Gasteiger partial charge in [0, 0.05) is 12.7 Å². The number of likely N-dealkylation sites (N-methyl/N-ethyl adjacent to an activating group) is 1. The van der Waals surface area contributed by atoms with Crippen LogP contribution in [-0.4, -0.2) is 32.3 Å². The lowest BCUT2D eigenvalue weighted by molar-refractivity contribution is -0.141. The molecule has 0 saturated heterocycles. The summed E-state index contributed by atoms with van der Waals surface area (Å²) in [6.45, 7) is 8.89. The number of benzene rings is 2. The monoisotopic (exact) mass is 397 g/mol. The Morgan fingerprint density at radius 3 is 2.28 bits per heavy atom. The Morgan fingerprint density at radius 2 is 1.66 bits per heavy atom. The predicted molar refractivity (Wildman–Crippen MR) is 120 cm³/mol. The van der Waals surface area contributed by atoms with Crippen LogP contribution < -0.4 is 9.64 Å². The highest BCUT2D eigenvalue weighted by atomic mass is 16.5. The summed E-state index contributed by atoms with van der Waals surface area (Å²) >= 11 is 0. The molecule has 0 heterocycles. The van der Waals surface area contributed by atoms with Gasteiger partial charge in [0.2, 0.25) is 0 Å². The molecule has 1 aliphatic rings. The number of nitrogens with zero attached hydrogens (tertiary/aromatic N) is 1. The molecule has 0 aromatic heterocycles. The van der Waals surface area contributed by atoms with Crippen LogP contribution in [0.25, 0.3) is 10.8 Å². The molecule has 2 aromatic carbocycles. The van der Waals surface area contributed by atoms with E-state index in [-0.39, 0.29) is 12.0 Å². The van der Waals surface area contributed by atoms with Gasteiger partial charge in [0.15, 0.2) is 0 Å². The van der Waals surface area contributed by atoms with E-state index >= 15 is 0 Å². The molecular formula is C25H35NO3. The van der Waals surface area contributed by atoms with E-state index < -0.39 is 0 Å². The number of carbonyl (C=O) groups is 1. The molecular weight excluding hydrogens is 362 g/mol. The lowest BCUT2D eigenvalue weighted by Crippen LogP contribution is -2.36. The largest absolute Gasteiger partial charge is 0.490 e. The normalized spacial score (nSPS) is 20.9. The highest BCUT2D eigenvalue weighted by Crippen LogP contribution is 2.39. The van der Waals surface area contributed by atoms with E-state index in [9.17, 15) is 4.79 Å². The molecule has 4 nitrogen and oxygen atoms in total. The Kier molecular flexibility index (Phi) is 6.40. The minimum absolute atomic E-state index is 0.238. The van der Waals surface area contributed by atoms with Crippen LogP contribution in [0, 0.1) is 11.3 Å². The minimum atomic E-state index is -0.330. The van der Waals surface area contributed by atoms with E-state index in [4.69, 9.17) is 9.47 Å². The van der Waals surface area contributed by atoms with E-state index in [2.05, 4.69) is 51.1 Å². The van der Waals surface area contributed by atoms with E-state index in [1.54, 1.807) is 0 Å². The average Bonchev–Trinajstić information content (AvgIpc) is 2.71. The Bertz CT molecular complexity index is 847. The standard InChI is InChI=1S/C25H35NO3/c1-17(24(27)28-6)26(5)21-11-7-19-16-23(12-8-18(19)15-21)29-22-13-9-20(10-14-22)25(2,3)4/h7-8,11-12,15-17,20,22H,9-10,13-14H2,1-6H3. The number of hydrogen-bond donors (Lipinski definition) is 0. The molecule has 2 aromatic rings. The molecule has 0 bridgehead atoms. The van der Waals surface area contributed by atoms with Crippen LogP contribution in [-0.2, 0) is 9.53 Å². The first kappa shape index (κ1) is 21.5. The number of ether oxygens (including phenoxy) is 2. The molecule has 29 heavy (non-hydrogen) atoms. The first-order valence-electron chi connectivity index (χ1n) is 10.7. The lowest BCUT2D eigenvalue weighted by atomic mass is 9.72. The number of anilines is 1. The van der Waals surface area contributed by atoms with Crippen LogP contribution in [0.1, 0.15) is 53.4 Å². The Morgan fingerprint density at radius 1 is 1.03 bits per heavy atom. The van der Waals surface area contributed by atoms with Gasteiger partial charge in [-0.05, 0) is 79.0 Å². The van der Waals surface area contributed by atoms with Gasteiger partial charge in [-0.25, -0.2) is 4.79 Å². The minimum Gasteiger partial charge on any atom is -0.490 e. The third kappa shape index (κ3) is 5.04. The quantitative estimate of drug-likeness (QED) is 0.596. The highest BCUT2D eigenvalue weighted by molar-refractivity contribution is 5.88. The number of fused-ring (bicyclic) bond motifs is 1. The Balaban J connectivity index is 1.68. The molecule has 1 fully saturated rings. The fourth-order valence-corrected chi connectivity index (χ4v) is 4.30. The van der Waals surface area contributed by atoms with E-state index in [0.717, 1.165) is 41.0 Å². The smallest absolute Gasteiger partial charge is 0.328 e. The van der Waals surface area contributed by atoms with Gasteiger partial charge in [0.1, 0.15) is 11.8 Å². The van der Waals surface area contributed by atoms with Gasteiger partial charge in [-0.15, -0.1) is 0 Å². The average molecular weight is 398 g/mol. The Labute approximate surface area is 175 Å². The summed E-state index contributed by atoms with van der Waals surface area (Å²) in [6, 6.07) is 12.2. The first-order valence-corrected chi connectivity index (χ1v) is 10.7. The number of esters is 1.